The molecule has 0 bridgehead atoms. The van der Waals surface area contributed by atoms with Gasteiger partial charge in [0.1, 0.15) is 5.75 Å². The van der Waals surface area contributed by atoms with Gasteiger partial charge >= 0.3 is 6.03 Å². The average Bonchev–Trinajstić information content (AvgIpc) is 2.59. The van der Waals surface area contributed by atoms with Crippen LogP contribution in [0.4, 0.5) is 4.79 Å². The van der Waals surface area contributed by atoms with E-state index in [2.05, 4.69) is 0 Å². The minimum atomic E-state index is -0.401. The van der Waals surface area contributed by atoms with Gasteiger partial charge < -0.3 is 19.4 Å². The fraction of sp³-hybridized carbons (Fsp3) is 0.579. The molecule has 1 saturated heterocycles. The van der Waals surface area contributed by atoms with Gasteiger partial charge in [0.25, 0.3) is 0 Å². The van der Waals surface area contributed by atoms with Crippen molar-refractivity contribution in [3.05, 3.63) is 29.8 Å². The molecule has 1 unspecified atom stereocenters. The molecular formula is C19H29N3O3. The summed E-state index contributed by atoms with van der Waals surface area (Å²) in [6.45, 7) is 7.59. The maximum absolute atomic E-state index is 13.1. The van der Waals surface area contributed by atoms with Crippen molar-refractivity contribution in [2.45, 2.75) is 32.2 Å². The van der Waals surface area contributed by atoms with Crippen molar-refractivity contribution < 1.29 is 14.3 Å². The molecule has 0 radical (unpaired) electrons. The minimum absolute atomic E-state index is 0.0108. The quantitative estimate of drug-likeness (QED) is 0.844. The van der Waals surface area contributed by atoms with Gasteiger partial charge in [0, 0.05) is 33.7 Å². The summed E-state index contributed by atoms with van der Waals surface area (Å²) in [6, 6.07) is 7.60. The first-order valence-electron chi connectivity index (χ1n) is 8.59. The summed E-state index contributed by atoms with van der Waals surface area (Å²) in [6.07, 6.45) is 0. The lowest BCUT2D eigenvalue weighted by Crippen LogP contribution is -2.63. The second-order valence-electron chi connectivity index (χ2n) is 7.40. The number of urea groups is 1. The normalized spacial score (nSPS) is 17.8. The van der Waals surface area contributed by atoms with E-state index in [4.69, 9.17) is 4.74 Å². The minimum Gasteiger partial charge on any atom is -0.497 e. The fourth-order valence-electron chi connectivity index (χ4n) is 3.28. The van der Waals surface area contributed by atoms with Gasteiger partial charge in [-0.15, -0.1) is 0 Å². The zero-order valence-corrected chi connectivity index (χ0v) is 16.1. The summed E-state index contributed by atoms with van der Waals surface area (Å²) in [5, 5.41) is 0. The molecule has 25 heavy (non-hydrogen) atoms. The molecule has 1 fully saturated rings. The summed E-state index contributed by atoms with van der Waals surface area (Å²) in [4.78, 5) is 30.6. The maximum atomic E-state index is 13.1. The van der Waals surface area contributed by atoms with Crippen molar-refractivity contribution in [2.24, 2.45) is 0 Å². The Kier molecular flexibility index (Phi) is 5.60. The second kappa shape index (κ2) is 7.33. The number of methoxy groups -OCH3 is 1. The summed E-state index contributed by atoms with van der Waals surface area (Å²) >= 11 is 0. The van der Waals surface area contributed by atoms with Crippen LogP contribution in [-0.4, -0.2) is 73.0 Å². The number of hydrogen-bond acceptors (Lipinski definition) is 3. The Balaban J connectivity index is 2.12. The first-order valence-corrected chi connectivity index (χ1v) is 8.59. The zero-order chi connectivity index (χ0) is 18.8. The Labute approximate surface area is 150 Å². The molecule has 1 aliphatic heterocycles. The van der Waals surface area contributed by atoms with Crippen LogP contribution in [0, 0.1) is 0 Å². The Morgan fingerprint density at radius 2 is 1.76 bits per heavy atom. The van der Waals surface area contributed by atoms with Gasteiger partial charge in [-0.05, 0) is 38.5 Å². The number of nitrogens with zero attached hydrogens (tertiary/aromatic N) is 3. The molecule has 0 saturated carbocycles. The first kappa shape index (κ1) is 19.1. The average molecular weight is 347 g/mol. The smallest absolute Gasteiger partial charge is 0.319 e. The number of benzene rings is 1. The number of hydrogen-bond donors (Lipinski definition) is 0. The highest BCUT2D eigenvalue weighted by molar-refractivity contribution is 5.84. The fourth-order valence-corrected chi connectivity index (χ4v) is 3.28. The molecule has 2 rings (SSSR count). The highest BCUT2D eigenvalue weighted by Gasteiger charge is 2.40. The predicted octanol–water partition coefficient (Wildman–Crippen LogP) is 2.40. The molecule has 1 aliphatic rings. The third-order valence-corrected chi connectivity index (χ3v) is 4.81. The number of rotatable bonds is 3. The van der Waals surface area contributed by atoms with Crippen molar-refractivity contribution >= 4 is 11.9 Å². The van der Waals surface area contributed by atoms with E-state index in [1.807, 2.05) is 54.8 Å². The van der Waals surface area contributed by atoms with E-state index in [0.29, 0.717) is 19.6 Å². The van der Waals surface area contributed by atoms with Gasteiger partial charge in [-0.2, -0.15) is 0 Å². The number of piperazine rings is 1. The van der Waals surface area contributed by atoms with Gasteiger partial charge in [-0.1, -0.05) is 12.1 Å². The van der Waals surface area contributed by atoms with Crippen LogP contribution < -0.4 is 4.74 Å². The van der Waals surface area contributed by atoms with Crippen LogP contribution in [0.1, 0.15) is 32.3 Å². The number of carbonyl (C=O) groups excluding carboxylic acids is 2. The third kappa shape index (κ3) is 4.06. The Morgan fingerprint density at radius 3 is 2.24 bits per heavy atom. The van der Waals surface area contributed by atoms with Gasteiger partial charge in [-0.3, -0.25) is 4.79 Å². The van der Waals surface area contributed by atoms with E-state index in [-0.39, 0.29) is 17.9 Å². The van der Waals surface area contributed by atoms with Crippen LogP contribution in [-0.2, 0) is 4.79 Å². The number of ether oxygens (including phenoxy) is 1. The Hall–Kier alpha value is -2.24. The summed E-state index contributed by atoms with van der Waals surface area (Å²) in [5.41, 5.74) is 0.565. The molecule has 1 aromatic rings. The van der Waals surface area contributed by atoms with Crippen molar-refractivity contribution in [3.8, 4) is 5.75 Å². The van der Waals surface area contributed by atoms with Crippen LogP contribution in [0.3, 0.4) is 0 Å². The van der Waals surface area contributed by atoms with E-state index in [9.17, 15) is 9.59 Å². The summed E-state index contributed by atoms with van der Waals surface area (Å²) in [5.74, 6) is 0.632. The number of amides is 3. The third-order valence-electron chi connectivity index (χ3n) is 4.81. The molecule has 1 atom stereocenters. The lowest BCUT2D eigenvalue weighted by atomic mass is 9.93. The van der Waals surface area contributed by atoms with E-state index in [0.717, 1.165) is 11.3 Å². The molecule has 6 heteroatoms. The highest BCUT2D eigenvalue weighted by atomic mass is 16.5. The molecule has 0 aliphatic carbocycles. The lowest BCUT2D eigenvalue weighted by Gasteiger charge is -2.48. The van der Waals surface area contributed by atoms with E-state index >= 15 is 0 Å². The largest absolute Gasteiger partial charge is 0.497 e. The monoisotopic (exact) mass is 347 g/mol. The highest BCUT2D eigenvalue weighted by Crippen LogP contribution is 2.28. The van der Waals surface area contributed by atoms with E-state index in [1.54, 1.807) is 26.1 Å². The van der Waals surface area contributed by atoms with Crippen LogP contribution in [0.2, 0.25) is 0 Å². The van der Waals surface area contributed by atoms with Crippen molar-refractivity contribution in [3.63, 3.8) is 0 Å². The summed E-state index contributed by atoms with van der Waals surface area (Å²) in [7, 11) is 5.12. The SMILES string of the molecule is COc1ccc(C(C)C(=O)N2CCN(C(=O)N(C)C)CC2(C)C)cc1. The van der Waals surface area contributed by atoms with Gasteiger partial charge in [0.15, 0.2) is 0 Å². The van der Waals surface area contributed by atoms with Crippen molar-refractivity contribution in [1.82, 2.24) is 14.7 Å². The van der Waals surface area contributed by atoms with Crippen LogP contribution in [0.5, 0.6) is 5.75 Å². The van der Waals surface area contributed by atoms with Crippen molar-refractivity contribution in [1.29, 1.82) is 0 Å². The molecule has 6 nitrogen and oxygen atoms in total. The van der Waals surface area contributed by atoms with Crippen LogP contribution in [0.15, 0.2) is 24.3 Å². The molecule has 3 amide bonds. The molecule has 138 valence electrons. The standard InChI is InChI=1S/C19H29N3O3/c1-14(15-7-9-16(25-6)10-8-15)17(23)22-12-11-21(13-19(22,2)3)18(24)20(4)5/h7-10,14H,11-13H2,1-6H3. The second-order valence-corrected chi connectivity index (χ2v) is 7.40. The molecule has 0 N–H and O–H groups in total. The van der Waals surface area contributed by atoms with E-state index < -0.39 is 5.54 Å². The van der Waals surface area contributed by atoms with Crippen LogP contribution in [0.25, 0.3) is 0 Å². The molecule has 1 heterocycles. The number of carbonyl (C=O) groups is 2. The van der Waals surface area contributed by atoms with Gasteiger partial charge in [0.2, 0.25) is 5.91 Å². The predicted molar refractivity (Wildman–Crippen MR) is 97.9 cm³/mol. The van der Waals surface area contributed by atoms with Crippen LogP contribution >= 0.6 is 0 Å². The Bertz CT molecular complexity index is 625. The maximum Gasteiger partial charge on any atom is 0.319 e. The summed E-state index contributed by atoms with van der Waals surface area (Å²) < 4.78 is 5.18. The zero-order valence-electron chi connectivity index (χ0n) is 16.1. The molecule has 0 spiro atoms. The van der Waals surface area contributed by atoms with Gasteiger partial charge in [0.05, 0.1) is 18.6 Å². The topological polar surface area (TPSA) is 53.1 Å². The van der Waals surface area contributed by atoms with Gasteiger partial charge in [-0.25, -0.2) is 4.79 Å². The lowest BCUT2D eigenvalue weighted by molar-refractivity contribution is -0.141. The molecular weight excluding hydrogens is 318 g/mol. The van der Waals surface area contributed by atoms with E-state index in [1.165, 1.54) is 0 Å². The van der Waals surface area contributed by atoms with Crippen molar-refractivity contribution in [2.75, 3.05) is 40.8 Å². The first-order chi connectivity index (χ1) is 11.7. The Morgan fingerprint density at radius 1 is 1.16 bits per heavy atom. The molecule has 0 aromatic heterocycles. The molecule has 1 aromatic carbocycles.